The standard InChI is InChI=1S/C15H14FNS/c1-3-10-11(4-2)15(18-16)13-8-6-5-7-12(13)14(10)9-17/h3-8H,1-2,9,17H2. The molecule has 0 bridgehead atoms. The second-order valence-electron chi connectivity index (χ2n) is 3.87. The van der Waals surface area contributed by atoms with Crippen LogP contribution in [0.1, 0.15) is 16.7 Å². The van der Waals surface area contributed by atoms with E-state index in [0.717, 1.165) is 27.5 Å². The smallest absolute Gasteiger partial charge is 0.0825 e. The van der Waals surface area contributed by atoms with Crippen LogP contribution in [0.5, 0.6) is 0 Å². The summed E-state index contributed by atoms with van der Waals surface area (Å²) < 4.78 is 13.3. The zero-order valence-electron chi connectivity index (χ0n) is 9.95. The largest absolute Gasteiger partial charge is 0.326 e. The molecule has 2 aromatic rings. The van der Waals surface area contributed by atoms with Gasteiger partial charge in [-0.2, -0.15) is 3.89 Å². The van der Waals surface area contributed by atoms with E-state index in [2.05, 4.69) is 13.2 Å². The Morgan fingerprint density at radius 2 is 1.72 bits per heavy atom. The van der Waals surface area contributed by atoms with Crippen molar-refractivity contribution in [3.63, 3.8) is 0 Å². The SMILES string of the molecule is C=Cc1c(C=C)c(SF)c2ccccc2c1CN. The van der Waals surface area contributed by atoms with Gasteiger partial charge in [-0.15, -0.1) is 0 Å². The highest BCUT2D eigenvalue weighted by molar-refractivity contribution is 7.94. The normalized spacial score (nSPS) is 10.6. The lowest BCUT2D eigenvalue weighted by molar-refractivity contribution is 0.935. The molecule has 0 radical (unpaired) electrons. The summed E-state index contributed by atoms with van der Waals surface area (Å²) in [5.74, 6) is 0. The first-order chi connectivity index (χ1) is 8.78. The number of halogens is 1. The van der Waals surface area contributed by atoms with Crippen molar-refractivity contribution in [1.29, 1.82) is 0 Å². The molecular weight excluding hydrogens is 245 g/mol. The van der Waals surface area contributed by atoms with Gasteiger partial charge in [0.15, 0.2) is 0 Å². The maximum absolute atomic E-state index is 13.3. The molecule has 0 heterocycles. The van der Waals surface area contributed by atoms with Crippen LogP contribution in [0.3, 0.4) is 0 Å². The Morgan fingerprint density at radius 3 is 2.22 bits per heavy atom. The van der Waals surface area contributed by atoms with Gasteiger partial charge >= 0.3 is 0 Å². The molecule has 3 heteroatoms. The molecule has 2 N–H and O–H groups in total. The first kappa shape index (κ1) is 12.9. The highest BCUT2D eigenvalue weighted by atomic mass is 32.2. The third kappa shape index (κ3) is 1.85. The lowest BCUT2D eigenvalue weighted by atomic mass is 9.93. The molecule has 18 heavy (non-hydrogen) atoms. The summed E-state index contributed by atoms with van der Waals surface area (Å²) in [6, 6.07) is 7.67. The van der Waals surface area contributed by atoms with Crippen LogP contribution in [0.4, 0.5) is 3.89 Å². The zero-order valence-corrected chi connectivity index (χ0v) is 10.8. The van der Waals surface area contributed by atoms with Crippen molar-refractivity contribution in [2.45, 2.75) is 11.4 Å². The molecule has 0 fully saturated rings. The molecule has 1 nitrogen and oxygen atoms in total. The van der Waals surface area contributed by atoms with Crippen molar-refractivity contribution in [2.24, 2.45) is 5.73 Å². The Labute approximate surface area is 110 Å². The summed E-state index contributed by atoms with van der Waals surface area (Å²) in [6.45, 7) is 7.95. The van der Waals surface area contributed by atoms with E-state index in [1.807, 2.05) is 24.3 Å². The molecule has 0 amide bonds. The lowest BCUT2D eigenvalue weighted by Gasteiger charge is -2.15. The number of hydrogen-bond acceptors (Lipinski definition) is 2. The molecule has 92 valence electrons. The number of rotatable bonds is 4. The summed E-state index contributed by atoms with van der Waals surface area (Å²) in [6.07, 6.45) is 3.37. The predicted molar refractivity (Wildman–Crippen MR) is 79.0 cm³/mol. The monoisotopic (exact) mass is 259 g/mol. The van der Waals surface area contributed by atoms with Crippen molar-refractivity contribution < 1.29 is 3.89 Å². The van der Waals surface area contributed by atoms with Gasteiger partial charge in [-0.1, -0.05) is 49.6 Å². The van der Waals surface area contributed by atoms with E-state index in [0.29, 0.717) is 11.4 Å². The average molecular weight is 259 g/mol. The van der Waals surface area contributed by atoms with Crippen LogP contribution in [-0.2, 0) is 6.54 Å². The van der Waals surface area contributed by atoms with Crippen molar-refractivity contribution in [2.75, 3.05) is 0 Å². The predicted octanol–water partition coefficient (Wildman–Crippen LogP) is 4.56. The molecule has 0 saturated heterocycles. The second-order valence-corrected chi connectivity index (χ2v) is 4.43. The van der Waals surface area contributed by atoms with E-state index in [1.165, 1.54) is 0 Å². The van der Waals surface area contributed by atoms with Crippen LogP contribution >= 0.6 is 12.1 Å². The highest BCUT2D eigenvalue weighted by Gasteiger charge is 2.15. The Kier molecular flexibility index (Phi) is 3.84. The summed E-state index contributed by atoms with van der Waals surface area (Å²) in [4.78, 5) is 0.577. The molecule has 0 aliphatic carbocycles. The van der Waals surface area contributed by atoms with E-state index in [9.17, 15) is 3.89 Å². The van der Waals surface area contributed by atoms with Crippen molar-refractivity contribution in [3.8, 4) is 0 Å². The van der Waals surface area contributed by atoms with Gasteiger partial charge in [0.1, 0.15) is 0 Å². The van der Waals surface area contributed by atoms with Crippen LogP contribution in [-0.4, -0.2) is 0 Å². The number of nitrogens with two attached hydrogens (primary N) is 1. The third-order valence-corrected chi connectivity index (χ3v) is 3.64. The Balaban J connectivity index is 3.03. The molecule has 2 aromatic carbocycles. The lowest BCUT2D eigenvalue weighted by Crippen LogP contribution is -2.03. The maximum atomic E-state index is 13.3. The summed E-state index contributed by atoms with van der Waals surface area (Å²) in [7, 11) is 0. The van der Waals surface area contributed by atoms with Crippen LogP contribution in [0.2, 0.25) is 0 Å². The Bertz CT molecular complexity index is 565. The van der Waals surface area contributed by atoms with Gasteiger partial charge in [0, 0.05) is 6.54 Å². The first-order valence-electron chi connectivity index (χ1n) is 5.59. The van der Waals surface area contributed by atoms with Gasteiger partial charge in [0.2, 0.25) is 0 Å². The third-order valence-electron chi connectivity index (χ3n) is 3.05. The van der Waals surface area contributed by atoms with E-state index in [4.69, 9.17) is 5.73 Å². The fourth-order valence-corrected chi connectivity index (χ4v) is 2.80. The van der Waals surface area contributed by atoms with E-state index < -0.39 is 0 Å². The minimum Gasteiger partial charge on any atom is -0.326 e. The van der Waals surface area contributed by atoms with E-state index in [-0.39, 0.29) is 12.1 Å². The molecule has 2 rings (SSSR count). The molecular formula is C15H14FNS. The quantitative estimate of drug-likeness (QED) is 0.871. The average Bonchev–Trinajstić information content (AvgIpc) is 2.44. The highest BCUT2D eigenvalue weighted by Crippen LogP contribution is 2.38. The van der Waals surface area contributed by atoms with Crippen LogP contribution in [0.25, 0.3) is 22.9 Å². The van der Waals surface area contributed by atoms with Gasteiger partial charge in [-0.05, 0) is 27.5 Å². The number of fused-ring (bicyclic) bond motifs is 1. The zero-order chi connectivity index (χ0) is 13.1. The number of hydrogen-bond donors (Lipinski definition) is 1. The molecule has 0 aliphatic rings. The second kappa shape index (κ2) is 5.38. The molecule has 0 aliphatic heterocycles. The van der Waals surface area contributed by atoms with Gasteiger partial charge < -0.3 is 5.73 Å². The van der Waals surface area contributed by atoms with Gasteiger partial charge in [-0.3, -0.25) is 0 Å². The van der Waals surface area contributed by atoms with Crippen LogP contribution in [0, 0.1) is 0 Å². The number of benzene rings is 2. The fraction of sp³-hybridized carbons (Fsp3) is 0.0667. The molecule has 0 atom stereocenters. The van der Waals surface area contributed by atoms with E-state index in [1.54, 1.807) is 12.2 Å². The summed E-state index contributed by atoms with van der Waals surface area (Å²) in [5.41, 5.74) is 8.43. The molecule has 0 saturated carbocycles. The molecule has 0 aromatic heterocycles. The molecule has 0 unspecified atom stereocenters. The van der Waals surface area contributed by atoms with Gasteiger partial charge in [-0.25, -0.2) is 0 Å². The Morgan fingerprint density at radius 1 is 1.11 bits per heavy atom. The Hall–Kier alpha value is -1.58. The first-order valence-corrected chi connectivity index (χ1v) is 6.31. The topological polar surface area (TPSA) is 26.0 Å². The van der Waals surface area contributed by atoms with Crippen LogP contribution < -0.4 is 5.73 Å². The van der Waals surface area contributed by atoms with Crippen LogP contribution in [0.15, 0.2) is 42.3 Å². The van der Waals surface area contributed by atoms with Crippen molar-refractivity contribution in [1.82, 2.24) is 0 Å². The summed E-state index contributed by atoms with van der Waals surface area (Å²) >= 11 is 0.238. The minimum absolute atomic E-state index is 0.238. The van der Waals surface area contributed by atoms with Gasteiger partial charge in [0.05, 0.1) is 17.0 Å². The van der Waals surface area contributed by atoms with E-state index >= 15 is 0 Å². The molecule has 0 spiro atoms. The summed E-state index contributed by atoms with van der Waals surface area (Å²) in [5, 5.41) is 1.84. The van der Waals surface area contributed by atoms with Crippen molar-refractivity contribution >= 4 is 35.1 Å². The fourth-order valence-electron chi connectivity index (χ4n) is 2.26. The minimum atomic E-state index is 0.238. The maximum Gasteiger partial charge on any atom is 0.0825 e. The van der Waals surface area contributed by atoms with Crippen molar-refractivity contribution in [3.05, 3.63) is 54.1 Å². The van der Waals surface area contributed by atoms with Gasteiger partial charge in [0.25, 0.3) is 0 Å².